The minimum Gasteiger partial charge on any atom is -0.353 e. The average molecular weight is 131 g/mol. The van der Waals surface area contributed by atoms with E-state index >= 15 is 0 Å². The lowest BCUT2D eigenvalue weighted by Crippen LogP contribution is -2.34. The van der Waals surface area contributed by atoms with Crippen LogP contribution in [-0.4, -0.2) is 18.1 Å². The van der Waals surface area contributed by atoms with Gasteiger partial charge in [-0.05, 0) is 20.8 Å². The molecular weight excluding hydrogens is 118 g/mol. The van der Waals surface area contributed by atoms with Gasteiger partial charge in [-0.25, -0.2) is 0 Å². The number of Topliss-reactive ketones (excluding diaryl/α,β-unsaturated/α-hetero) is 1. The molecule has 0 saturated heterocycles. The molecule has 0 bridgehead atoms. The Bertz CT molecular complexity index is 110. The number of ether oxygens (including phenoxy) is 1. The second-order valence-electron chi connectivity index (χ2n) is 2.38. The second-order valence-corrected chi connectivity index (χ2v) is 2.38. The van der Waals surface area contributed by atoms with Crippen molar-refractivity contribution >= 4 is 5.78 Å². The van der Waals surface area contributed by atoms with Crippen LogP contribution in [0, 0.1) is 0 Å². The van der Waals surface area contributed by atoms with Gasteiger partial charge in [-0.3, -0.25) is 4.79 Å². The van der Waals surface area contributed by atoms with Crippen LogP contribution in [0.4, 0.5) is 0 Å². The maximum absolute atomic E-state index is 10.7. The van der Waals surface area contributed by atoms with Crippen LogP contribution < -0.4 is 5.73 Å². The summed E-state index contributed by atoms with van der Waals surface area (Å²) in [5.41, 5.74) is 4.36. The fourth-order valence-corrected chi connectivity index (χ4v) is 0.310. The molecule has 0 unspecified atom stereocenters. The van der Waals surface area contributed by atoms with Crippen molar-refractivity contribution in [2.45, 2.75) is 26.4 Å². The van der Waals surface area contributed by atoms with Gasteiger partial charge in [0.2, 0.25) is 0 Å². The van der Waals surface area contributed by atoms with E-state index in [1.807, 2.05) is 0 Å². The van der Waals surface area contributed by atoms with E-state index in [0.29, 0.717) is 0 Å². The molecule has 0 radical (unpaired) electrons. The summed E-state index contributed by atoms with van der Waals surface area (Å²) < 4.78 is 4.92. The first-order valence-corrected chi connectivity index (χ1v) is 2.86. The standard InChI is InChI=1S/C6H13NO2/c1-5(8)6(2,3)9-4-7/h4,7H2,1-3H3. The Morgan fingerprint density at radius 2 is 2.11 bits per heavy atom. The van der Waals surface area contributed by atoms with Gasteiger partial charge in [0.25, 0.3) is 0 Å². The van der Waals surface area contributed by atoms with Crippen LogP contribution in [0.2, 0.25) is 0 Å². The summed E-state index contributed by atoms with van der Waals surface area (Å²) in [6, 6.07) is 0. The van der Waals surface area contributed by atoms with Crippen LogP contribution in [0.5, 0.6) is 0 Å². The first kappa shape index (κ1) is 8.59. The lowest BCUT2D eigenvalue weighted by atomic mass is 10.1. The van der Waals surface area contributed by atoms with Crippen LogP contribution >= 0.6 is 0 Å². The highest BCUT2D eigenvalue weighted by molar-refractivity contribution is 5.83. The Kier molecular flexibility index (Phi) is 2.81. The van der Waals surface area contributed by atoms with Crippen LogP contribution in [0.3, 0.4) is 0 Å². The van der Waals surface area contributed by atoms with E-state index in [0.717, 1.165) is 0 Å². The molecule has 0 aromatic carbocycles. The van der Waals surface area contributed by atoms with Gasteiger partial charge in [-0.2, -0.15) is 0 Å². The van der Waals surface area contributed by atoms with Crippen molar-refractivity contribution in [1.29, 1.82) is 0 Å². The molecule has 3 heteroatoms. The molecule has 54 valence electrons. The second kappa shape index (κ2) is 2.94. The minimum absolute atomic E-state index is 0.00653. The highest BCUT2D eigenvalue weighted by atomic mass is 16.5. The zero-order chi connectivity index (χ0) is 7.49. The summed E-state index contributed by atoms with van der Waals surface area (Å²) in [5.74, 6) is -0.00653. The van der Waals surface area contributed by atoms with E-state index in [4.69, 9.17) is 10.5 Å². The van der Waals surface area contributed by atoms with Crippen molar-refractivity contribution in [2.24, 2.45) is 5.73 Å². The molecular formula is C6H13NO2. The topological polar surface area (TPSA) is 52.3 Å². The zero-order valence-electron chi connectivity index (χ0n) is 6.10. The minimum atomic E-state index is -0.714. The molecule has 0 aliphatic rings. The van der Waals surface area contributed by atoms with Crippen LogP contribution in [0.25, 0.3) is 0 Å². The molecule has 0 amide bonds. The normalized spacial score (nSPS) is 11.6. The zero-order valence-corrected chi connectivity index (χ0v) is 6.10. The Morgan fingerprint density at radius 1 is 1.67 bits per heavy atom. The fraction of sp³-hybridized carbons (Fsp3) is 0.833. The number of ketones is 1. The van der Waals surface area contributed by atoms with Gasteiger partial charge in [0.05, 0.1) is 6.73 Å². The van der Waals surface area contributed by atoms with Crippen molar-refractivity contribution in [3.63, 3.8) is 0 Å². The summed E-state index contributed by atoms with van der Waals surface area (Å²) in [7, 11) is 0. The predicted octanol–water partition coefficient (Wildman–Crippen LogP) is 0.287. The molecule has 2 N–H and O–H groups in total. The van der Waals surface area contributed by atoms with Crippen LogP contribution in [0.1, 0.15) is 20.8 Å². The van der Waals surface area contributed by atoms with Gasteiger partial charge >= 0.3 is 0 Å². The molecule has 0 aliphatic carbocycles. The molecule has 0 atom stereocenters. The molecule has 0 spiro atoms. The number of carbonyl (C=O) groups is 1. The highest BCUT2D eigenvalue weighted by Crippen LogP contribution is 2.07. The molecule has 0 aromatic heterocycles. The quantitative estimate of drug-likeness (QED) is 0.560. The van der Waals surface area contributed by atoms with Crippen molar-refractivity contribution in [3.8, 4) is 0 Å². The van der Waals surface area contributed by atoms with Gasteiger partial charge in [0.15, 0.2) is 5.78 Å². The maximum atomic E-state index is 10.7. The van der Waals surface area contributed by atoms with Crippen LogP contribution in [-0.2, 0) is 9.53 Å². The number of nitrogens with two attached hydrogens (primary N) is 1. The largest absolute Gasteiger partial charge is 0.353 e. The number of carbonyl (C=O) groups excluding carboxylic acids is 1. The van der Waals surface area contributed by atoms with Crippen molar-refractivity contribution < 1.29 is 9.53 Å². The third-order valence-corrected chi connectivity index (χ3v) is 1.29. The summed E-state index contributed by atoms with van der Waals surface area (Å²) in [5, 5.41) is 0. The first-order chi connectivity index (χ1) is 4.00. The maximum Gasteiger partial charge on any atom is 0.161 e. The van der Waals surface area contributed by atoms with Crippen molar-refractivity contribution in [3.05, 3.63) is 0 Å². The molecule has 0 aliphatic heterocycles. The average Bonchev–Trinajstić information content (AvgIpc) is 1.65. The molecule has 0 heterocycles. The predicted molar refractivity (Wildman–Crippen MR) is 34.9 cm³/mol. The monoisotopic (exact) mass is 131 g/mol. The third kappa shape index (κ3) is 2.58. The highest BCUT2D eigenvalue weighted by Gasteiger charge is 2.22. The van der Waals surface area contributed by atoms with Crippen LogP contribution in [0.15, 0.2) is 0 Å². The third-order valence-electron chi connectivity index (χ3n) is 1.29. The van der Waals surface area contributed by atoms with Gasteiger partial charge in [0, 0.05) is 0 Å². The van der Waals surface area contributed by atoms with E-state index < -0.39 is 5.60 Å². The molecule has 9 heavy (non-hydrogen) atoms. The number of rotatable bonds is 3. The van der Waals surface area contributed by atoms with Crippen molar-refractivity contribution in [2.75, 3.05) is 6.73 Å². The summed E-state index contributed by atoms with van der Waals surface area (Å²) >= 11 is 0. The lowest BCUT2D eigenvalue weighted by Gasteiger charge is -2.19. The smallest absolute Gasteiger partial charge is 0.161 e. The van der Waals surface area contributed by atoms with Gasteiger partial charge in [0.1, 0.15) is 5.60 Å². The summed E-state index contributed by atoms with van der Waals surface area (Å²) in [4.78, 5) is 10.7. The SMILES string of the molecule is CC(=O)C(C)(C)OCN. The van der Waals surface area contributed by atoms with E-state index in [1.54, 1.807) is 13.8 Å². The van der Waals surface area contributed by atoms with Gasteiger partial charge in [-0.15, -0.1) is 0 Å². The van der Waals surface area contributed by atoms with E-state index in [9.17, 15) is 4.79 Å². The molecule has 0 rings (SSSR count). The summed E-state index contributed by atoms with van der Waals surface area (Å²) in [6.45, 7) is 4.96. The Balaban J connectivity index is 3.85. The van der Waals surface area contributed by atoms with E-state index in [-0.39, 0.29) is 12.5 Å². The Labute approximate surface area is 55.2 Å². The van der Waals surface area contributed by atoms with Crippen molar-refractivity contribution in [1.82, 2.24) is 0 Å². The van der Waals surface area contributed by atoms with E-state index in [2.05, 4.69) is 0 Å². The molecule has 3 nitrogen and oxygen atoms in total. The first-order valence-electron chi connectivity index (χ1n) is 2.86. The van der Waals surface area contributed by atoms with E-state index in [1.165, 1.54) is 6.92 Å². The lowest BCUT2D eigenvalue weighted by molar-refractivity contribution is -0.137. The molecule has 0 saturated carbocycles. The Hall–Kier alpha value is -0.410. The fourth-order valence-electron chi connectivity index (χ4n) is 0.310. The van der Waals surface area contributed by atoms with Gasteiger partial charge in [-0.1, -0.05) is 0 Å². The summed E-state index contributed by atoms with van der Waals surface area (Å²) in [6.07, 6.45) is 0. The molecule has 0 fully saturated rings. The number of hydrogen-bond donors (Lipinski definition) is 1. The number of hydrogen-bond acceptors (Lipinski definition) is 3. The molecule has 0 aromatic rings. The Morgan fingerprint density at radius 3 is 2.22 bits per heavy atom. The van der Waals surface area contributed by atoms with Gasteiger partial charge < -0.3 is 10.5 Å².